The average molecular weight is 277 g/mol. The fourth-order valence-electron chi connectivity index (χ4n) is 1.46. The number of hydrogen-bond acceptors (Lipinski definition) is 4. The van der Waals surface area contributed by atoms with Crippen LogP contribution in [0.15, 0.2) is 30.3 Å². The fourth-order valence-corrected chi connectivity index (χ4v) is 2.31. The van der Waals surface area contributed by atoms with Crippen molar-refractivity contribution in [1.82, 2.24) is 4.98 Å². The predicted molar refractivity (Wildman–Crippen MR) is 72.9 cm³/mol. The van der Waals surface area contributed by atoms with E-state index in [2.05, 4.69) is 15.6 Å². The molecule has 0 fully saturated rings. The number of nitrogens with one attached hydrogen (secondary N) is 2. The first kappa shape index (κ1) is 13.0. The molecule has 1 aromatic heterocycles. The SMILES string of the molecule is Cc1nc(NC(=O)O)sc1C(=O)Nc1ccccc1. The standard InChI is InChI=1S/C12H11N3O3S/c1-7-9(19-11(13-7)15-12(17)18)10(16)14-8-5-3-2-4-6-8/h2-6H,1H3,(H,13,15)(H,14,16)(H,17,18). The first-order chi connectivity index (χ1) is 9.06. The van der Waals surface area contributed by atoms with Crippen LogP contribution in [0.2, 0.25) is 0 Å². The Bertz CT molecular complexity index is 610. The lowest BCUT2D eigenvalue weighted by molar-refractivity contribution is 0.102. The normalized spacial score (nSPS) is 9.95. The molecule has 98 valence electrons. The molecule has 2 amide bonds. The summed E-state index contributed by atoms with van der Waals surface area (Å²) >= 11 is 1.00. The molecule has 6 nitrogen and oxygen atoms in total. The van der Waals surface area contributed by atoms with Crippen molar-refractivity contribution in [2.75, 3.05) is 10.6 Å². The molecule has 1 aromatic carbocycles. The van der Waals surface area contributed by atoms with Crippen molar-refractivity contribution in [3.05, 3.63) is 40.9 Å². The maximum absolute atomic E-state index is 12.0. The van der Waals surface area contributed by atoms with Gasteiger partial charge in [0.15, 0.2) is 5.13 Å². The van der Waals surface area contributed by atoms with E-state index in [1.165, 1.54) is 0 Å². The summed E-state index contributed by atoms with van der Waals surface area (Å²) in [6.45, 7) is 1.66. The van der Waals surface area contributed by atoms with Gasteiger partial charge in [-0.25, -0.2) is 9.78 Å². The number of para-hydroxylation sites is 1. The molecule has 7 heteroatoms. The Labute approximate surface area is 113 Å². The first-order valence-corrected chi connectivity index (χ1v) is 6.21. The zero-order valence-corrected chi connectivity index (χ0v) is 10.8. The Morgan fingerprint density at radius 1 is 1.21 bits per heavy atom. The maximum atomic E-state index is 12.0. The van der Waals surface area contributed by atoms with Gasteiger partial charge in [0.05, 0.1) is 5.69 Å². The smallest absolute Gasteiger partial charge is 0.410 e. The number of amides is 2. The molecule has 1 heterocycles. The van der Waals surface area contributed by atoms with Crippen LogP contribution in [-0.4, -0.2) is 22.1 Å². The number of thiazole rings is 1. The third-order valence-electron chi connectivity index (χ3n) is 2.25. The summed E-state index contributed by atoms with van der Waals surface area (Å²) in [7, 11) is 0. The third-order valence-corrected chi connectivity index (χ3v) is 3.32. The molecule has 0 bridgehead atoms. The van der Waals surface area contributed by atoms with Gasteiger partial charge in [-0.05, 0) is 19.1 Å². The second-order valence-electron chi connectivity index (χ2n) is 3.68. The van der Waals surface area contributed by atoms with E-state index < -0.39 is 6.09 Å². The Kier molecular flexibility index (Phi) is 3.76. The van der Waals surface area contributed by atoms with E-state index in [0.29, 0.717) is 16.3 Å². The Balaban J connectivity index is 2.15. The molecular formula is C12H11N3O3S. The topological polar surface area (TPSA) is 91.3 Å². The van der Waals surface area contributed by atoms with Gasteiger partial charge in [-0.1, -0.05) is 29.5 Å². The molecule has 0 saturated carbocycles. The minimum Gasteiger partial charge on any atom is -0.465 e. The first-order valence-electron chi connectivity index (χ1n) is 5.40. The number of carbonyl (C=O) groups excluding carboxylic acids is 1. The van der Waals surface area contributed by atoms with Crippen LogP contribution in [0.1, 0.15) is 15.4 Å². The molecule has 0 aliphatic carbocycles. The molecule has 0 spiro atoms. The molecule has 19 heavy (non-hydrogen) atoms. The van der Waals surface area contributed by atoms with Crippen molar-refractivity contribution in [3.63, 3.8) is 0 Å². The van der Waals surface area contributed by atoms with Gasteiger partial charge in [-0.2, -0.15) is 0 Å². The summed E-state index contributed by atoms with van der Waals surface area (Å²) in [5, 5.41) is 13.6. The summed E-state index contributed by atoms with van der Waals surface area (Å²) in [5.41, 5.74) is 1.16. The van der Waals surface area contributed by atoms with Crippen LogP contribution >= 0.6 is 11.3 Å². The number of benzene rings is 1. The number of hydrogen-bond donors (Lipinski definition) is 3. The second-order valence-corrected chi connectivity index (χ2v) is 4.68. The molecular weight excluding hydrogens is 266 g/mol. The number of aryl methyl sites for hydroxylation is 1. The molecule has 0 unspecified atom stereocenters. The van der Waals surface area contributed by atoms with Gasteiger partial charge in [0.1, 0.15) is 4.88 Å². The lowest BCUT2D eigenvalue weighted by Gasteiger charge is -2.02. The number of carboxylic acid groups (broad SMARTS) is 1. The van der Waals surface area contributed by atoms with E-state index in [9.17, 15) is 9.59 Å². The van der Waals surface area contributed by atoms with E-state index in [0.717, 1.165) is 11.3 Å². The maximum Gasteiger partial charge on any atom is 0.410 e. The van der Waals surface area contributed by atoms with E-state index in [-0.39, 0.29) is 11.0 Å². The highest BCUT2D eigenvalue weighted by atomic mass is 32.1. The lowest BCUT2D eigenvalue weighted by Crippen LogP contribution is -2.11. The molecule has 2 rings (SSSR count). The summed E-state index contributed by atoms with van der Waals surface area (Å²) in [4.78, 5) is 26.9. The van der Waals surface area contributed by atoms with Gasteiger partial charge < -0.3 is 10.4 Å². The number of anilines is 2. The molecule has 0 saturated heterocycles. The predicted octanol–water partition coefficient (Wildman–Crippen LogP) is 2.79. The lowest BCUT2D eigenvalue weighted by atomic mass is 10.3. The Morgan fingerprint density at radius 3 is 2.53 bits per heavy atom. The van der Waals surface area contributed by atoms with Crippen LogP contribution in [-0.2, 0) is 0 Å². The second kappa shape index (κ2) is 5.49. The van der Waals surface area contributed by atoms with Crippen LogP contribution in [0, 0.1) is 6.92 Å². The summed E-state index contributed by atoms with van der Waals surface area (Å²) in [6, 6.07) is 9.01. The average Bonchev–Trinajstić information content (AvgIpc) is 2.70. The van der Waals surface area contributed by atoms with E-state index >= 15 is 0 Å². The number of rotatable bonds is 3. The van der Waals surface area contributed by atoms with Crippen molar-refractivity contribution in [3.8, 4) is 0 Å². The Hall–Kier alpha value is -2.41. The number of nitrogens with zero attached hydrogens (tertiary/aromatic N) is 1. The third kappa shape index (κ3) is 3.29. The van der Waals surface area contributed by atoms with Crippen molar-refractivity contribution in [1.29, 1.82) is 0 Å². The van der Waals surface area contributed by atoms with Crippen molar-refractivity contribution in [2.24, 2.45) is 0 Å². The van der Waals surface area contributed by atoms with Crippen molar-refractivity contribution >= 4 is 34.2 Å². The summed E-state index contributed by atoms with van der Waals surface area (Å²) in [5.74, 6) is -0.306. The van der Waals surface area contributed by atoms with E-state index in [1.807, 2.05) is 18.2 Å². The Morgan fingerprint density at radius 2 is 1.89 bits per heavy atom. The van der Waals surface area contributed by atoms with Gasteiger partial charge in [0, 0.05) is 5.69 Å². The van der Waals surface area contributed by atoms with Gasteiger partial charge in [0.25, 0.3) is 5.91 Å². The van der Waals surface area contributed by atoms with Crippen LogP contribution in [0.25, 0.3) is 0 Å². The quantitative estimate of drug-likeness (QED) is 0.804. The molecule has 0 aliphatic heterocycles. The van der Waals surface area contributed by atoms with Gasteiger partial charge in [0.2, 0.25) is 0 Å². The molecule has 0 atom stereocenters. The highest BCUT2D eigenvalue weighted by Gasteiger charge is 2.16. The largest absolute Gasteiger partial charge is 0.465 e. The van der Waals surface area contributed by atoms with E-state index in [1.54, 1.807) is 19.1 Å². The highest BCUT2D eigenvalue weighted by molar-refractivity contribution is 7.17. The molecule has 0 radical (unpaired) electrons. The van der Waals surface area contributed by atoms with Gasteiger partial charge in [-0.15, -0.1) is 0 Å². The number of aromatic nitrogens is 1. The molecule has 3 N–H and O–H groups in total. The zero-order chi connectivity index (χ0) is 13.8. The number of carbonyl (C=O) groups is 2. The fraction of sp³-hybridized carbons (Fsp3) is 0.0833. The van der Waals surface area contributed by atoms with E-state index in [4.69, 9.17) is 5.11 Å². The highest BCUT2D eigenvalue weighted by Crippen LogP contribution is 2.23. The minimum atomic E-state index is -1.20. The van der Waals surface area contributed by atoms with Crippen LogP contribution < -0.4 is 10.6 Å². The molecule has 0 aliphatic rings. The summed E-state index contributed by atoms with van der Waals surface area (Å²) < 4.78 is 0. The summed E-state index contributed by atoms with van der Waals surface area (Å²) in [6.07, 6.45) is -1.20. The van der Waals surface area contributed by atoms with Crippen LogP contribution in [0.3, 0.4) is 0 Å². The molecule has 2 aromatic rings. The van der Waals surface area contributed by atoms with Crippen molar-refractivity contribution < 1.29 is 14.7 Å². The van der Waals surface area contributed by atoms with Crippen LogP contribution in [0.4, 0.5) is 15.6 Å². The monoisotopic (exact) mass is 277 g/mol. The van der Waals surface area contributed by atoms with Crippen molar-refractivity contribution in [2.45, 2.75) is 6.92 Å². The van der Waals surface area contributed by atoms with Crippen LogP contribution in [0.5, 0.6) is 0 Å². The minimum absolute atomic E-state index is 0.184. The zero-order valence-electron chi connectivity index (χ0n) is 10.0. The van der Waals surface area contributed by atoms with Gasteiger partial charge >= 0.3 is 6.09 Å². The van der Waals surface area contributed by atoms with Gasteiger partial charge in [-0.3, -0.25) is 10.1 Å².